The molecule has 0 atom stereocenters. The molecule has 0 bridgehead atoms. The highest BCUT2D eigenvalue weighted by atomic mass is 16.5. The molecule has 1 saturated carbocycles. The van der Waals surface area contributed by atoms with E-state index in [1.807, 2.05) is 65.6 Å². The molecule has 3 aromatic rings. The van der Waals surface area contributed by atoms with Gasteiger partial charge < -0.3 is 19.4 Å². The van der Waals surface area contributed by atoms with Gasteiger partial charge in [0, 0.05) is 42.2 Å². The van der Waals surface area contributed by atoms with E-state index in [2.05, 4.69) is 5.32 Å². The Balaban J connectivity index is 1.19. The quantitative estimate of drug-likeness (QED) is 0.652. The van der Waals surface area contributed by atoms with Crippen molar-refractivity contribution in [2.75, 3.05) is 18.5 Å². The van der Waals surface area contributed by atoms with Gasteiger partial charge in [0.05, 0.1) is 0 Å². The first-order valence-electron chi connectivity index (χ1n) is 10.6. The van der Waals surface area contributed by atoms with E-state index >= 15 is 0 Å². The Hall–Kier alpha value is -3.54. The molecular weight excluding hydrogens is 392 g/mol. The van der Waals surface area contributed by atoms with Crippen molar-refractivity contribution in [2.24, 2.45) is 5.92 Å². The first-order valence-corrected chi connectivity index (χ1v) is 10.6. The van der Waals surface area contributed by atoms with Gasteiger partial charge in [-0.2, -0.15) is 0 Å². The summed E-state index contributed by atoms with van der Waals surface area (Å²) in [5, 5.41) is 2.84. The molecule has 0 unspecified atom stereocenters. The number of hydrogen-bond donors (Lipinski definition) is 1. The third-order valence-electron chi connectivity index (χ3n) is 5.67. The van der Waals surface area contributed by atoms with Crippen molar-refractivity contribution in [1.82, 2.24) is 4.90 Å². The van der Waals surface area contributed by atoms with Crippen LogP contribution in [-0.2, 0) is 22.6 Å². The monoisotopic (exact) mass is 416 g/mol. The van der Waals surface area contributed by atoms with Crippen LogP contribution in [0, 0.1) is 5.92 Å². The lowest BCUT2D eigenvalue weighted by Gasteiger charge is -2.26. The second-order valence-electron chi connectivity index (χ2n) is 8.07. The molecule has 6 heteroatoms. The van der Waals surface area contributed by atoms with Crippen molar-refractivity contribution >= 4 is 17.5 Å². The smallest absolute Gasteiger partial charge is 0.262 e. The van der Waals surface area contributed by atoms with Crippen LogP contribution in [0.5, 0.6) is 5.75 Å². The van der Waals surface area contributed by atoms with Gasteiger partial charge in [-0.3, -0.25) is 9.59 Å². The highest BCUT2D eigenvalue weighted by Crippen LogP contribution is 2.35. The standard InChI is InChI=1S/C25H24N2O4/c28-24(16-30-21-4-2-1-3-5-21)26-20-10-8-17(9-11-20)23-14-19-15-27(13-12-22(19)31-23)25(29)18-6-7-18/h1-5,8-11,14,18H,6-7,12-13,15-16H2,(H,26,28). The number of nitrogens with zero attached hydrogens (tertiary/aromatic N) is 1. The molecule has 2 aliphatic rings. The zero-order valence-electron chi connectivity index (χ0n) is 17.2. The van der Waals surface area contributed by atoms with E-state index in [4.69, 9.17) is 9.15 Å². The average molecular weight is 416 g/mol. The highest BCUT2D eigenvalue weighted by Gasteiger charge is 2.35. The number of nitrogens with one attached hydrogen (secondary N) is 1. The summed E-state index contributed by atoms with van der Waals surface area (Å²) in [6, 6.07) is 18.8. The van der Waals surface area contributed by atoms with Gasteiger partial charge in [-0.1, -0.05) is 18.2 Å². The lowest BCUT2D eigenvalue weighted by atomic mass is 10.1. The third kappa shape index (κ3) is 4.48. The molecule has 2 aromatic carbocycles. The number of carbonyl (C=O) groups is 2. The topological polar surface area (TPSA) is 71.8 Å². The number of hydrogen-bond acceptors (Lipinski definition) is 4. The number of benzene rings is 2. The van der Waals surface area contributed by atoms with Crippen LogP contribution in [0.2, 0.25) is 0 Å². The van der Waals surface area contributed by atoms with Crippen LogP contribution in [0.15, 0.2) is 65.1 Å². The van der Waals surface area contributed by atoms with Crippen LogP contribution in [0.4, 0.5) is 5.69 Å². The maximum atomic E-state index is 12.4. The number of rotatable bonds is 6. The molecule has 2 amide bonds. The van der Waals surface area contributed by atoms with E-state index in [1.165, 1.54) is 0 Å². The Kier molecular flexibility index (Phi) is 5.20. The number of amides is 2. The first kappa shape index (κ1) is 19.4. The number of anilines is 1. The summed E-state index contributed by atoms with van der Waals surface area (Å²) in [6.45, 7) is 1.31. The lowest BCUT2D eigenvalue weighted by molar-refractivity contribution is -0.133. The van der Waals surface area contributed by atoms with Gasteiger partial charge in [-0.25, -0.2) is 0 Å². The summed E-state index contributed by atoms with van der Waals surface area (Å²) in [4.78, 5) is 26.4. The predicted octanol–water partition coefficient (Wildman–Crippen LogP) is 4.26. The third-order valence-corrected chi connectivity index (χ3v) is 5.67. The van der Waals surface area contributed by atoms with Gasteiger partial charge in [0.2, 0.25) is 5.91 Å². The number of carbonyl (C=O) groups excluding carboxylic acids is 2. The maximum Gasteiger partial charge on any atom is 0.262 e. The van der Waals surface area contributed by atoms with Gasteiger partial charge in [0.1, 0.15) is 17.3 Å². The van der Waals surface area contributed by atoms with Crippen LogP contribution in [0.25, 0.3) is 11.3 Å². The van der Waals surface area contributed by atoms with Crippen molar-refractivity contribution in [3.05, 3.63) is 72.0 Å². The van der Waals surface area contributed by atoms with E-state index in [0.717, 1.165) is 48.5 Å². The van der Waals surface area contributed by atoms with Gasteiger partial charge in [-0.15, -0.1) is 0 Å². The average Bonchev–Trinajstić information content (AvgIpc) is 3.57. The molecule has 158 valence electrons. The minimum atomic E-state index is -0.217. The fourth-order valence-corrected chi connectivity index (χ4v) is 3.83. The molecule has 2 heterocycles. The molecule has 1 aromatic heterocycles. The van der Waals surface area contributed by atoms with Crippen molar-refractivity contribution in [3.63, 3.8) is 0 Å². The first-order chi connectivity index (χ1) is 15.2. The summed E-state index contributed by atoms with van der Waals surface area (Å²) < 4.78 is 11.5. The molecule has 0 saturated heterocycles. The fraction of sp³-hybridized carbons (Fsp3) is 0.280. The van der Waals surface area contributed by atoms with E-state index in [9.17, 15) is 9.59 Å². The fourth-order valence-electron chi connectivity index (χ4n) is 3.83. The van der Waals surface area contributed by atoms with Gasteiger partial charge in [0.25, 0.3) is 5.91 Å². The zero-order chi connectivity index (χ0) is 21.2. The molecule has 1 aliphatic heterocycles. The minimum absolute atomic E-state index is 0.0489. The maximum absolute atomic E-state index is 12.4. The Labute approximate surface area is 180 Å². The number of ether oxygens (including phenoxy) is 1. The van der Waals surface area contributed by atoms with E-state index in [-0.39, 0.29) is 24.3 Å². The summed E-state index contributed by atoms with van der Waals surface area (Å²) in [5.41, 5.74) is 2.72. The molecule has 31 heavy (non-hydrogen) atoms. The molecule has 5 rings (SSSR count). The number of fused-ring (bicyclic) bond motifs is 1. The summed E-state index contributed by atoms with van der Waals surface area (Å²) >= 11 is 0. The Morgan fingerprint density at radius 3 is 2.58 bits per heavy atom. The lowest BCUT2D eigenvalue weighted by Crippen LogP contribution is -2.36. The highest BCUT2D eigenvalue weighted by molar-refractivity contribution is 5.92. The molecule has 1 N–H and O–H groups in total. The van der Waals surface area contributed by atoms with Crippen LogP contribution >= 0.6 is 0 Å². The number of para-hydroxylation sites is 1. The largest absolute Gasteiger partial charge is 0.484 e. The van der Waals surface area contributed by atoms with Crippen molar-refractivity contribution in [3.8, 4) is 17.1 Å². The van der Waals surface area contributed by atoms with Crippen LogP contribution in [-0.4, -0.2) is 29.9 Å². The van der Waals surface area contributed by atoms with E-state index < -0.39 is 0 Å². The Morgan fingerprint density at radius 1 is 1.06 bits per heavy atom. The summed E-state index contributed by atoms with van der Waals surface area (Å²) in [5.74, 6) is 2.72. The predicted molar refractivity (Wildman–Crippen MR) is 117 cm³/mol. The SMILES string of the molecule is O=C(COc1ccccc1)Nc1ccc(-c2cc3c(o2)CCN(C(=O)C2CC2)C3)cc1. The van der Waals surface area contributed by atoms with Crippen LogP contribution in [0.1, 0.15) is 24.2 Å². The second kappa shape index (κ2) is 8.30. The van der Waals surface area contributed by atoms with Crippen LogP contribution in [0.3, 0.4) is 0 Å². The summed E-state index contributed by atoms with van der Waals surface area (Å²) in [7, 11) is 0. The van der Waals surface area contributed by atoms with Crippen LogP contribution < -0.4 is 10.1 Å². The zero-order valence-corrected chi connectivity index (χ0v) is 17.2. The van der Waals surface area contributed by atoms with Crippen molar-refractivity contribution < 1.29 is 18.7 Å². The van der Waals surface area contributed by atoms with Gasteiger partial charge >= 0.3 is 0 Å². The molecule has 0 radical (unpaired) electrons. The Bertz CT molecular complexity index is 1080. The Morgan fingerprint density at radius 2 is 1.84 bits per heavy atom. The van der Waals surface area contributed by atoms with Gasteiger partial charge in [0.15, 0.2) is 6.61 Å². The normalized spacial score (nSPS) is 15.3. The molecular formula is C25H24N2O4. The van der Waals surface area contributed by atoms with Crippen molar-refractivity contribution in [1.29, 1.82) is 0 Å². The second-order valence-corrected chi connectivity index (χ2v) is 8.07. The molecule has 1 fully saturated rings. The molecule has 6 nitrogen and oxygen atoms in total. The van der Waals surface area contributed by atoms with E-state index in [1.54, 1.807) is 0 Å². The minimum Gasteiger partial charge on any atom is -0.484 e. The van der Waals surface area contributed by atoms with Crippen molar-refractivity contribution in [2.45, 2.75) is 25.8 Å². The van der Waals surface area contributed by atoms with E-state index in [0.29, 0.717) is 18.0 Å². The number of furan rings is 1. The van der Waals surface area contributed by atoms with Gasteiger partial charge in [-0.05, 0) is 55.3 Å². The molecule has 0 spiro atoms. The summed E-state index contributed by atoms with van der Waals surface area (Å²) in [6.07, 6.45) is 2.81. The molecule has 1 aliphatic carbocycles.